The van der Waals surface area contributed by atoms with Crippen molar-refractivity contribution in [2.24, 2.45) is 0 Å². The zero-order chi connectivity index (χ0) is 16.1. The van der Waals surface area contributed by atoms with Gasteiger partial charge in [-0.25, -0.2) is 4.98 Å². The lowest BCUT2D eigenvalue weighted by Gasteiger charge is -2.09. The van der Waals surface area contributed by atoms with E-state index in [1.54, 1.807) is 18.0 Å². The molecule has 0 saturated carbocycles. The first-order valence-corrected chi connectivity index (χ1v) is 8.77. The number of thioether (sulfide) groups is 1. The Bertz CT molecular complexity index is 760. The van der Waals surface area contributed by atoms with Gasteiger partial charge in [-0.05, 0) is 17.7 Å². The van der Waals surface area contributed by atoms with E-state index in [2.05, 4.69) is 4.98 Å². The van der Waals surface area contributed by atoms with Gasteiger partial charge in [0.2, 0.25) is 5.89 Å². The van der Waals surface area contributed by atoms with Crippen LogP contribution in [0.3, 0.4) is 0 Å². The Morgan fingerprint density at radius 1 is 1.09 bits per heavy atom. The second kappa shape index (κ2) is 7.68. The number of rotatable bonds is 6. The van der Waals surface area contributed by atoms with Gasteiger partial charge in [0, 0.05) is 11.5 Å². The van der Waals surface area contributed by atoms with Crippen LogP contribution >= 0.6 is 23.4 Å². The van der Waals surface area contributed by atoms with E-state index in [9.17, 15) is 5.11 Å². The molecule has 0 aliphatic carbocycles. The molecule has 0 saturated heterocycles. The Kier molecular flexibility index (Phi) is 5.39. The van der Waals surface area contributed by atoms with Crippen molar-refractivity contribution in [3.8, 4) is 11.5 Å². The molecule has 0 spiro atoms. The smallest absolute Gasteiger partial charge is 0.227 e. The standard InChI is InChI=1S/C18H16ClNO2S/c19-16-9-5-4-8-15(16)18-20-14(10-22-18)11-23-12-17(21)13-6-2-1-3-7-13/h1-10,17,21H,11-12H2/t17-/m0/s1. The second-order valence-electron chi connectivity index (χ2n) is 5.07. The molecule has 0 bridgehead atoms. The number of aliphatic hydroxyl groups is 1. The molecule has 1 N–H and O–H groups in total. The fraction of sp³-hybridized carbons (Fsp3) is 0.167. The lowest BCUT2D eigenvalue weighted by Crippen LogP contribution is -2.00. The van der Waals surface area contributed by atoms with Crippen molar-refractivity contribution >= 4 is 23.4 Å². The Balaban J connectivity index is 1.57. The Morgan fingerprint density at radius 3 is 2.61 bits per heavy atom. The largest absolute Gasteiger partial charge is 0.444 e. The van der Waals surface area contributed by atoms with E-state index >= 15 is 0 Å². The number of hydrogen-bond donors (Lipinski definition) is 1. The van der Waals surface area contributed by atoms with E-state index in [1.807, 2.05) is 54.6 Å². The van der Waals surface area contributed by atoms with Crippen molar-refractivity contribution in [2.45, 2.75) is 11.9 Å². The van der Waals surface area contributed by atoms with Gasteiger partial charge in [-0.15, -0.1) is 0 Å². The third-order valence-corrected chi connectivity index (χ3v) is 4.75. The zero-order valence-corrected chi connectivity index (χ0v) is 13.9. The minimum Gasteiger partial charge on any atom is -0.444 e. The van der Waals surface area contributed by atoms with Gasteiger partial charge in [0.05, 0.1) is 22.4 Å². The number of benzene rings is 2. The van der Waals surface area contributed by atoms with Gasteiger partial charge in [0.15, 0.2) is 0 Å². The topological polar surface area (TPSA) is 46.3 Å². The molecule has 5 heteroatoms. The van der Waals surface area contributed by atoms with E-state index in [0.717, 1.165) is 16.8 Å². The number of aromatic nitrogens is 1. The first-order chi connectivity index (χ1) is 11.2. The lowest BCUT2D eigenvalue weighted by atomic mass is 10.1. The molecule has 1 aromatic heterocycles. The highest BCUT2D eigenvalue weighted by atomic mass is 35.5. The van der Waals surface area contributed by atoms with Crippen molar-refractivity contribution in [3.05, 3.63) is 77.1 Å². The number of oxazole rings is 1. The fourth-order valence-corrected chi connectivity index (χ4v) is 3.27. The lowest BCUT2D eigenvalue weighted by molar-refractivity contribution is 0.204. The molecular weight excluding hydrogens is 330 g/mol. The molecule has 0 amide bonds. The minimum absolute atomic E-state index is 0.476. The summed E-state index contributed by atoms with van der Waals surface area (Å²) in [6.45, 7) is 0. The zero-order valence-electron chi connectivity index (χ0n) is 12.4. The van der Waals surface area contributed by atoms with E-state index in [1.165, 1.54) is 0 Å². The molecule has 3 rings (SSSR count). The molecule has 3 aromatic rings. The summed E-state index contributed by atoms with van der Waals surface area (Å²) in [4.78, 5) is 4.46. The highest BCUT2D eigenvalue weighted by Crippen LogP contribution is 2.28. The molecule has 1 heterocycles. The van der Waals surface area contributed by atoms with Gasteiger partial charge in [0.25, 0.3) is 0 Å². The summed E-state index contributed by atoms with van der Waals surface area (Å²) in [5.41, 5.74) is 2.55. The second-order valence-corrected chi connectivity index (χ2v) is 6.50. The van der Waals surface area contributed by atoms with Crippen LogP contribution in [0, 0.1) is 0 Å². The molecule has 118 valence electrons. The molecule has 2 aromatic carbocycles. The summed E-state index contributed by atoms with van der Waals surface area (Å²) in [7, 11) is 0. The summed E-state index contributed by atoms with van der Waals surface area (Å²) in [6.07, 6.45) is 1.16. The quantitative estimate of drug-likeness (QED) is 0.685. The van der Waals surface area contributed by atoms with E-state index in [0.29, 0.717) is 22.4 Å². The van der Waals surface area contributed by atoms with Gasteiger partial charge in [-0.1, -0.05) is 54.1 Å². The van der Waals surface area contributed by atoms with E-state index < -0.39 is 6.10 Å². The molecule has 1 atom stereocenters. The minimum atomic E-state index is -0.476. The highest BCUT2D eigenvalue weighted by Gasteiger charge is 2.11. The van der Waals surface area contributed by atoms with Crippen LogP contribution in [0.4, 0.5) is 0 Å². The van der Waals surface area contributed by atoms with Crippen LogP contribution in [-0.2, 0) is 5.75 Å². The van der Waals surface area contributed by atoms with Gasteiger partial charge >= 0.3 is 0 Å². The average molecular weight is 346 g/mol. The van der Waals surface area contributed by atoms with Gasteiger partial charge in [0.1, 0.15) is 6.26 Å². The Labute approximate surface area is 144 Å². The summed E-state index contributed by atoms with van der Waals surface area (Å²) in [6, 6.07) is 17.1. The number of aliphatic hydroxyl groups excluding tert-OH is 1. The predicted molar refractivity (Wildman–Crippen MR) is 94.5 cm³/mol. The Morgan fingerprint density at radius 2 is 1.83 bits per heavy atom. The van der Waals surface area contributed by atoms with Crippen molar-refractivity contribution < 1.29 is 9.52 Å². The summed E-state index contributed by atoms with van der Waals surface area (Å²) in [5.74, 6) is 1.81. The van der Waals surface area contributed by atoms with E-state index in [4.69, 9.17) is 16.0 Å². The van der Waals surface area contributed by atoms with Crippen LogP contribution in [0.5, 0.6) is 0 Å². The number of nitrogens with zero attached hydrogens (tertiary/aromatic N) is 1. The van der Waals surface area contributed by atoms with Gasteiger partial charge in [-0.2, -0.15) is 11.8 Å². The molecule has 23 heavy (non-hydrogen) atoms. The van der Waals surface area contributed by atoms with Crippen LogP contribution in [0.15, 0.2) is 65.3 Å². The van der Waals surface area contributed by atoms with Gasteiger partial charge < -0.3 is 9.52 Å². The van der Waals surface area contributed by atoms with Crippen LogP contribution in [-0.4, -0.2) is 15.8 Å². The van der Waals surface area contributed by atoms with Crippen molar-refractivity contribution in [1.29, 1.82) is 0 Å². The van der Waals surface area contributed by atoms with Crippen LogP contribution < -0.4 is 0 Å². The predicted octanol–water partition coefficient (Wildman–Crippen LogP) is 4.96. The number of hydrogen-bond acceptors (Lipinski definition) is 4. The van der Waals surface area contributed by atoms with Crippen molar-refractivity contribution in [2.75, 3.05) is 5.75 Å². The van der Waals surface area contributed by atoms with Crippen molar-refractivity contribution in [3.63, 3.8) is 0 Å². The van der Waals surface area contributed by atoms with E-state index in [-0.39, 0.29) is 0 Å². The first kappa shape index (κ1) is 16.1. The number of halogens is 1. The molecule has 0 radical (unpaired) electrons. The summed E-state index contributed by atoms with van der Waals surface area (Å²) in [5, 5.41) is 10.8. The third-order valence-electron chi connectivity index (χ3n) is 3.37. The first-order valence-electron chi connectivity index (χ1n) is 7.24. The molecular formula is C18H16ClNO2S. The molecule has 0 unspecified atom stereocenters. The fourth-order valence-electron chi connectivity index (χ4n) is 2.18. The summed E-state index contributed by atoms with van der Waals surface area (Å²) < 4.78 is 5.50. The average Bonchev–Trinajstić information content (AvgIpc) is 3.04. The molecule has 3 nitrogen and oxygen atoms in total. The maximum absolute atomic E-state index is 10.1. The molecule has 0 aliphatic heterocycles. The van der Waals surface area contributed by atoms with Gasteiger partial charge in [-0.3, -0.25) is 0 Å². The SMILES string of the molecule is O[C@@H](CSCc1coc(-c2ccccc2Cl)n1)c1ccccc1. The normalized spacial score (nSPS) is 12.3. The van der Waals surface area contributed by atoms with Crippen LogP contribution in [0.1, 0.15) is 17.4 Å². The van der Waals surface area contributed by atoms with Crippen LogP contribution in [0.25, 0.3) is 11.5 Å². The maximum atomic E-state index is 10.1. The molecule has 0 fully saturated rings. The summed E-state index contributed by atoms with van der Waals surface area (Å²) >= 11 is 7.76. The van der Waals surface area contributed by atoms with Crippen LogP contribution in [0.2, 0.25) is 5.02 Å². The Hall–Kier alpha value is -1.75. The monoisotopic (exact) mass is 345 g/mol. The maximum Gasteiger partial charge on any atom is 0.227 e. The third kappa shape index (κ3) is 4.16. The van der Waals surface area contributed by atoms with Crippen molar-refractivity contribution in [1.82, 2.24) is 4.98 Å². The highest BCUT2D eigenvalue weighted by molar-refractivity contribution is 7.98. The molecule has 0 aliphatic rings.